The second-order valence-corrected chi connectivity index (χ2v) is 14.3. The number of halogens is 1. The van der Waals surface area contributed by atoms with Gasteiger partial charge in [-0.2, -0.15) is 0 Å². The standard InChI is InChI=1S/C33H37BrS/c1-23(2)26-10-16-30(17-11-26)35(33-9-7-8-29(34)22-33,31-18-12-27(13-19-31)24(3)4)32-20-14-28(15-21-32)25(5)6/h7-25H,1-6H3. The third-order valence-corrected chi connectivity index (χ3v) is 11.2. The molecule has 0 nitrogen and oxygen atoms in total. The van der Waals surface area contributed by atoms with Crippen LogP contribution in [0.15, 0.2) is 121 Å². The predicted octanol–water partition coefficient (Wildman–Crippen LogP) is 11.2. The van der Waals surface area contributed by atoms with Crippen LogP contribution in [0.25, 0.3) is 0 Å². The molecule has 0 aliphatic heterocycles. The van der Waals surface area contributed by atoms with Crippen LogP contribution in [0.4, 0.5) is 0 Å². The molecular formula is C33H37BrS. The fraction of sp³-hybridized carbons (Fsp3) is 0.273. The van der Waals surface area contributed by atoms with Gasteiger partial charge in [0.1, 0.15) is 0 Å². The van der Waals surface area contributed by atoms with Gasteiger partial charge in [-0.3, -0.25) is 0 Å². The van der Waals surface area contributed by atoms with Crippen molar-refractivity contribution in [1.82, 2.24) is 0 Å². The number of benzene rings is 4. The fourth-order valence-electron chi connectivity index (χ4n) is 4.64. The summed E-state index contributed by atoms with van der Waals surface area (Å²) in [6.45, 7) is 13.6. The Labute approximate surface area is 222 Å². The van der Waals surface area contributed by atoms with E-state index in [2.05, 4.69) is 155 Å². The Morgan fingerprint density at radius 1 is 0.457 bits per heavy atom. The molecule has 0 spiro atoms. The molecule has 35 heavy (non-hydrogen) atoms. The lowest BCUT2D eigenvalue weighted by Gasteiger charge is -2.42. The van der Waals surface area contributed by atoms with Crippen LogP contribution >= 0.6 is 26.0 Å². The van der Waals surface area contributed by atoms with Gasteiger partial charge in [-0.15, -0.1) is 10.0 Å². The maximum atomic E-state index is 3.78. The van der Waals surface area contributed by atoms with Crippen LogP contribution in [0.3, 0.4) is 0 Å². The average Bonchev–Trinajstić information content (AvgIpc) is 2.85. The molecule has 0 aliphatic rings. The highest BCUT2D eigenvalue weighted by atomic mass is 79.9. The normalized spacial score (nSPS) is 12.5. The highest BCUT2D eigenvalue weighted by Crippen LogP contribution is 2.73. The maximum absolute atomic E-state index is 3.78. The Morgan fingerprint density at radius 3 is 1.09 bits per heavy atom. The Balaban J connectivity index is 2.07. The lowest BCUT2D eigenvalue weighted by atomic mass is 10.0. The molecule has 4 aromatic rings. The van der Waals surface area contributed by atoms with Gasteiger partial charge in [0.25, 0.3) is 0 Å². The minimum absolute atomic E-state index is 0.509. The second-order valence-electron chi connectivity index (χ2n) is 10.2. The Morgan fingerprint density at radius 2 is 0.800 bits per heavy atom. The molecule has 0 N–H and O–H groups in total. The van der Waals surface area contributed by atoms with Crippen molar-refractivity contribution in [2.75, 3.05) is 0 Å². The SMILES string of the molecule is CC(C)c1ccc(S(c2ccc(C(C)C)cc2)(c2ccc(C(C)C)cc2)c2cccc(Br)c2)cc1. The molecule has 0 radical (unpaired) electrons. The first-order valence-electron chi connectivity index (χ1n) is 12.6. The Kier molecular flexibility index (Phi) is 7.93. The smallest absolute Gasteiger partial charge is 0.0186 e. The van der Waals surface area contributed by atoms with Gasteiger partial charge in [-0.1, -0.05) is 99.9 Å². The van der Waals surface area contributed by atoms with Crippen molar-refractivity contribution in [2.24, 2.45) is 0 Å². The first kappa shape index (κ1) is 25.8. The summed E-state index contributed by atoms with van der Waals surface area (Å²) in [6, 6.07) is 37.1. The monoisotopic (exact) mass is 544 g/mol. The van der Waals surface area contributed by atoms with Crippen LogP contribution in [-0.4, -0.2) is 0 Å². The van der Waals surface area contributed by atoms with Gasteiger partial charge in [-0.05, 0) is 89.0 Å². The number of hydrogen-bond acceptors (Lipinski definition) is 0. The summed E-state index contributed by atoms with van der Waals surface area (Å²) in [6.07, 6.45) is 0. The van der Waals surface area contributed by atoms with Crippen molar-refractivity contribution in [3.05, 3.63) is 118 Å². The summed E-state index contributed by atoms with van der Waals surface area (Å²) in [5, 5.41) is 0. The molecule has 0 heterocycles. The molecule has 0 unspecified atom stereocenters. The van der Waals surface area contributed by atoms with Gasteiger partial charge in [0.15, 0.2) is 0 Å². The van der Waals surface area contributed by atoms with Gasteiger partial charge in [0, 0.05) is 24.1 Å². The maximum Gasteiger partial charge on any atom is 0.0186 e. The van der Waals surface area contributed by atoms with Crippen LogP contribution < -0.4 is 0 Å². The van der Waals surface area contributed by atoms with Crippen molar-refractivity contribution < 1.29 is 0 Å². The first-order chi connectivity index (χ1) is 16.7. The van der Waals surface area contributed by atoms with Gasteiger partial charge in [-0.25, -0.2) is 0 Å². The topological polar surface area (TPSA) is 0 Å². The van der Waals surface area contributed by atoms with Crippen molar-refractivity contribution in [1.29, 1.82) is 0 Å². The molecule has 0 bridgehead atoms. The third kappa shape index (κ3) is 5.15. The van der Waals surface area contributed by atoms with Crippen molar-refractivity contribution >= 4 is 26.0 Å². The van der Waals surface area contributed by atoms with Crippen LogP contribution in [0, 0.1) is 0 Å². The minimum atomic E-state index is -1.69. The van der Waals surface area contributed by atoms with Gasteiger partial charge in [0.05, 0.1) is 0 Å². The molecule has 2 heteroatoms. The molecule has 0 fully saturated rings. The molecule has 0 amide bonds. The number of hydrogen-bond donors (Lipinski definition) is 0. The van der Waals surface area contributed by atoms with Crippen molar-refractivity contribution in [2.45, 2.75) is 78.9 Å². The van der Waals surface area contributed by atoms with Gasteiger partial charge >= 0.3 is 0 Å². The summed E-state index contributed by atoms with van der Waals surface area (Å²) >= 11 is 3.78. The molecule has 182 valence electrons. The summed E-state index contributed by atoms with van der Waals surface area (Å²) in [4.78, 5) is 5.46. The number of rotatable bonds is 7. The van der Waals surface area contributed by atoms with Crippen LogP contribution in [-0.2, 0) is 0 Å². The van der Waals surface area contributed by atoms with E-state index in [1.807, 2.05) is 0 Å². The lowest BCUT2D eigenvalue weighted by Crippen LogP contribution is -2.06. The highest BCUT2D eigenvalue weighted by Gasteiger charge is 2.33. The summed E-state index contributed by atoms with van der Waals surface area (Å²) in [5.41, 5.74) is 4.13. The fourth-order valence-corrected chi connectivity index (χ4v) is 9.05. The van der Waals surface area contributed by atoms with Crippen LogP contribution in [0.1, 0.15) is 76.0 Å². The molecule has 4 aromatic carbocycles. The van der Waals surface area contributed by atoms with E-state index in [9.17, 15) is 0 Å². The van der Waals surface area contributed by atoms with Gasteiger partial charge in [0.2, 0.25) is 0 Å². The second kappa shape index (κ2) is 10.8. The van der Waals surface area contributed by atoms with Gasteiger partial charge < -0.3 is 0 Å². The first-order valence-corrected chi connectivity index (χ1v) is 15.0. The Bertz CT molecular complexity index is 1120. The van der Waals surface area contributed by atoms with E-state index in [-0.39, 0.29) is 0 Å². The van der Waals surface area contributed by atoms with E-state index >= 15 is 0 Å². The largest absolute Gasteiger partial charge is 0.133 e. The molecule has 4 rings (SSSR count). The zero-order valence-electron chi connectivity index (χ0n) is 21.8. The zero-order chi connectivity index (χ0) is 25.2. The predicted molar refractivity (Wildman–Crippen MR) is 156 cm³/mol. The minimum Gasteiger partial charge on any atom is -0.133 e. The van der Waals surface area contributed by atoms with E-state index in [1.54, 1.807) is 0 Å². The van der Waals surface area contributed by atoms with E-state index in [4.69, 9.17) is 0 Å². The zero-order valence-corrected chi connectivity index (χ0v) is 24.2. The average molecular weight is 546 g/mol. The molecule has 0 aliphatic carbocycles. The summed E-state index contributed by atoms with van der Waals surface area (Å²) in [7, 11) is -1.69. The molecule has 0 aromatic heterocycles. The molecular weight excluding hydrogens is 508 g/mol. The van der Waals surface area contributed by atoms with Crippen LogP contribution in [0.5, 0.6) is 0 Å². The summed E-state index contributed by atoms with van der Waals surface area (Å²) in [5.74, 6) is 1.53. The Hall–Kier alpha value is -2.29. The summed E-state index contributed by atoms with van der Waals surface area (Å²) < 4.78 is 1.11. The van der Waals surface area contributed by atoms with Crippen LogP contribution in [0.2, 0.25) is 0 Å². The van der Waals surface area contributed by atoms with Crippen molar-refractivity contribution in [3.63, 3.8) is 0 Å². The third-order valence-electron chi connectivity index (χ3n) is 6.85. The quantitative estimate of drug-likeness (QED) is 0.217. The van der Waals surface area contributed by atoms with E-state index in [0.717, 1.165) is 4.47 Å². The van der Waals surface area contributed by atoms with E-state index < -0.39 is 10.0 Å². The van der Waals surface area contributed by atoms with Crippen molar-refractivity contribution in [3.8, 4) is 0 Å². The molecule has 0 atom stereocenters. The van der Waals surface area contributed by atoms with E-state index in [1.165, 1.54) is 36.3 Å². The highest BCUT2D eigenvalue weighted by molar-refractivity contribution is 9.10. The van der Waals surface area contributed by atoms with E-state index in [0.29, 0.717) is 17.8 Å². The lowest BCUT2D eigenvalue weighted by molar-refractivity contribution is 0.863. The molecule has 0 saturated heterocycles. The molecule has 0 saturated carbocycles.